The van der Waals surface area contributed by atoms with Crippen LogP contribution < -0.4 is 4.74 Å². The van der Waals surface area contributed by atoms with Crippen LogP contribution in [0.5, 0.6) is 5.75 Å². The molecule has 0 amide bonds. The molecule has 0 heterocycles. The van der Waals surface area contributed by atoms with Crippen molar-refractivity contribution in [3.8, 4) is 11.8 Å². The lowest BCUT2D eigenvalue weighted by Gasteiger charge is -2.08. The molecule has 84 valence electrons. The van der Waals surface area contributed by atoms with Crippen molar-refractivity contribution in [2.24, 2.45) is 0 Å². The SMILES string of the molecule is Cc1cccc(COc2ccccc2C#N)c1. The quantitative estimate of drug-likeness (QED) is 0.798. The maximum Gasteiger partial charge on any atom is 0.137 e. The summed E-state index contributed by atoms with van der Waals surface area (Å²) in [7, 11) is 0. The summed E-state index contributed by atoms with van der Waals surface area (Å²) in [6.07, 6.45) is 0. The van der Waals surface area contributed by atoms with E-state index in [2.05, 4.69) is 12.1 Å². The van der Waals surface area contributed by atoms with Crippen LogP contribution in [0.2, 0.25) is 0 Å². The first-order valence-corrected chi connectivity index (χ1v) is 5.47. The Morgan fingerprint density at radius 1 is 1.12 bits per heavy atom. The fourth-order valence-corrected chi connectivity index (χ4v) is 1.65. The van der Waals surface area contributed by atoms with Crippen LogP contribution >= 0.6 is 0 Å². The van der Waals surface area contributed by atoms with Gasteiger partial charge in [0.15, 0.2) is 0 Å². The van der Waals surface area contributed by atoms with Crippen molar-refractivity contribution in [3.05, 3.63) is 65.2 Å². The normalized spacial score (nSPS) is 9.65. The molecule has 2 rings (SSSR count). The summed E-state index contributed by atoms with van der Waals surface area (Å²) in [6.45, 7) is 2.53. The van der Waals surface area contributed by atoms with Gasteiger partial charge < -0.3 is 4.74 Å². The van der Waals surface area contributed by atoms with Crippen LogP contribution in [0.4, 0.5) is 0 Å². The summed E-state index contributed by atoms with van der Waals surface area (Å²) < 4.78 is 5.65. The zero-order valence-corrected chi connectivity index (χ0v) is 9.68. The molecule has 0 N–H and O–H groups in total. The van der Waals surface area contributed by atoms with Crippen LogP contribution in [0, 0.1) is 18.3 Å². The van der Waals surface area contributed by atoms with E-state index < -0.39 is 0 Å². The predicted octanol–water partition coefficient (Wildman–Crippen LogP) is 3.45. The van der Waals surface area contributed by atoms with E-state index in [0.717, 1.165) is 5.56 Å². The van der Waals surface area contributed by atoms with Gasteiger partial charge in [-0.2, -0.15) is 5.26 Å². The molecular formula is C15H13NO. The largest absolute Gasteiger partial charge is 0.488 e. The van der Waals surface area contributed by atoms with E-state index in [0.29, 0.717) is 17.9 Å². The number of hydrogen-bond donors (Lipinski definition) is 0. The highest BCUT2D eigenvalue weighted by atomic mass is 16.5. The van der Waals surface area contributed by atoms with E-state index in [4.69, 9.17) is 10.00 Å². The zero-order valence-electron chi connectivity index (χ0n) is 9.68. The maximum absolute atomic E-state index is 8.93. The summed E-state index contributed by atoms with van der Waals surface area (Å²) >= 11 is 0. The minimum absolute atomic E-state index is 0.486. The van der Waals surface area contributed by atoms with Crippen LogP contribution in [-0.4, -0.2) is 0 Å². The Morgan fingerprint density at radius 3 is 2.71 bits per heavy atom. The average Bonchev–Trinajstić information content (AvgIpc) is 2.37. The Hall–Kier alpha value is -2.27. The van der Waals surface area contributed by atoms with Gasteiger partial charge in [-0.1, -0.05) is 42.0 Å². The van der Waals surface area contributed by atoms with Gasteiger partial charge in [-0.25, -0.2) is 0 Å². The minimum atomic E-state index is 0.486. The Bertz CT molecular complexity index is 555. The maximum atomic E-state index is 8.93. The summed E-state index contributed by atoms with van der Waals surface area (Å²) in [5, 5.41) is 8.93. The topological polar surface area (TPSA) is 33.0 Å². The molecule has 0 unspecified atom stereocenters. The fraction of sp³-hybridized carbons (Fsp3) is 0.133. The third-order valence-corrected chi connectivity index (χ3v) is 2.48. The van der Waals surface area contributed by atoms with Crippen molar-refractivity contribution in [3.63, 3.8) is 0 Å². The molecule has 0 aliphatic carbocycles. The minimum Gasteiger partial charge on any atom is -0.488 e. The van der Waals surface area contributed by atoms with Crippen molar-refractivity contribution in [2.75, 3.05) is 0 Å². The second-order valence-electron chi connectivity index (χ2n) is 3.89. The summed E-state index contributed by atoms with van der Waals surface area (Å²) in [4.78, 5) is 0. The lowest BCUT2D eigenvalue weighted by molar-refractivity contribution is 0.305. The molecule has 0 spiro atoms. The Labute approximate surface area is 101 Å². The Kier molecular flexibility index (Phi) is 3.42. The Balaban J connectivity index is 2.10. The average molecular weight is 223 g/mol. The second kappa shape index (κ2) is 5.18. The molecule has 2 aromatic rings. The highest BCUT2D eigenvalue weighted by molar-refractivity contribution is 5.42. The van der Waals surface area contributed by atoms with E-state index in [9.17, 15) is 0 Å². The van der Waals surface area contributed by atoms with E-state index in [1.54, 1.807) is 6.07 Å². The third kappa shape index (κ3) is 2.85. The fourth-order valence-electron chi connectivity index (χ4n) is 1.65. The third-order valence-electron chi connectivity index (χ3n) is 2.48. The molecule has 0 aromatic heterocycles. The summed E-state index contributed by atoms with van der Waals surface area (Å²) in [5.74, 6) is 0.636. The van der Waals surface area contributed by atoms with E-state index in [1.807, 2.05) is 43.3 Å². The van der Waals surface area contributed by atoms with Crippen LogP contribution in [0.25, 0.3) is 0 Å². The van der Waals surface area contributed by atoms with Gasteiger partial charge in [0.25, 0.3) is 0 Å². The molecule has 0 aliphatic rings. The van der Waals surface area contributed by atoms with Crippen molar-refractivity contribution in [1.29, 1.82) is 5.26 Å². The summed E-state index contributed by atoms with van der Waals surface area (Å²) in [5.41, 5.74) is 2.89. The molecule has 0 atom stereocenters. The first-order valence-electron chi connectivity index (χ1n) is 5.47. The molecule has 0 fully saturated rings. The second-order valence-corrected chi connectivity index (χ2v) is 3.89. The van der Waals surface area contributed by atoms with Crippen molar-refractivity contribution in [1.82, 2.24) is 0 Å². The molecule has 0 bridgehead atoms. The Morgan fingerprint density at radius 2 is 1.94 bits per heavy atom. The number of hydrogen-bond acceptors (Lipinski definition) is 2. The number of rotatable bonds is 3. The number of nitriles is 1. The predicted molar refractivity (Wildman–Crippen MR) is 66.7 cm³/mol. The van der Waals surface area contributed by atoms with E-state index in [-0.39, 0.29) is 0 Å². The van der Waals surface area contributed by atoms with Crippen molar-refractivity contribution >= 4 is 0 Å². The molecule has 0 radical (unpaired) electrons. The molecular weight excluding hydrogens is 210 g/mol. The number of benzene rings is 2. The van der Waals surface area contributed by atoms with Crippen LogP contribution in [0.15, 0.2) is 48.5 Å². The monoisotopic (exact) mass is 223 g/mol. The summed E-state index contributed by atoms with van der Waals surface area (Å²) in [6, 6.07) is 17.5. The number of nitrogens with zero attached hydrogens (tertiary/aromatic N) is 1. The van der Waals surface area contributed by atoms with Crippen molar-refractivity contribution in [2.45, 2.75) is 13.5 Å². The van der Waals surface area contributed by atoms with Gasteiger partial charge in [-0.05, 0) is 24.6 Å². The van der Waals surface area contributed by atoms with Crippen LogP contribution in [-0.2, 0) is 6.61 Å². The molecule has 2 nitrogen and oxygen atoms in total. The van der Waals surface area contributed by atoms with Gasteiger partial charge in [0.1, 0.15) is 18.4 Å². The van der Waals surface area contributed by atoms with Crippen LogP contribution in [0.1, 0.15) is 16.7 Å². The number of aryl methyl sites for hydroxylation is 1. The van der Waals surface area contributed by atoms with Crippen LogP contribution in [0.3, 0.4) is 0 Å². The molecule has 0 saturated heterocycles. The van der Waals surface area contributed by atoms with Crippen molar-refractivity contribution < 1.29 is 4.74 Å². The molecule has 0 aliphatic heterocycles. The van der Waals surface area contributed by atoms with Gasteiger partial charge >= 0.3 is 0 Å². The highest BCUT2D eigenvalue weighted by Gasteiger charge is 2.01. The number of para-hydroxylation sites is 1. The standard InChI is InChI=1S/C15H13NO/c1-12-5-4-6-13(9-12)11-17-15-8-3-2-7-14(15)10-16/h2-9H,11H2,1H3. The smallest absolute Gasteiger partial charge is 0.137 e. The first-order chi connectivity index (χ1) is 8.29. The lowest BCUT2D eigenvalue weighted by atomic mass is 10.1. The van der Waals surface area contributed by atoms with Gasteiger partial charge in [-0.15, -0.1) is 0 Å². The molecule has 2 heteroatoms. The van der Waals surface area contributed by atoms with Gasteiger partial charge in [-0.3, -0.25) is 0 Å². The molecule has 17 heavy (non-hydrogen) atoms. The lowest BCUT2D eigenvalue weighted by Crippen LogP contribution is -1.97. The zero-order chi connectivity index (χ0) is 12.1. The molecule has 2 aromatic carbocycles. The first kappa shape index (κ1) is 11.2. The number of ether oxygens (including phenoxy) is 1. The van der Waals surface area contributed by atoms with Gasteiger partial charge in [0.05, 0.1) is 5.56 Å². The van der Waals surface area contributed by atoms with E-state index in [1.165, 1.54) is 5.56 Å². The van der Waals surface area contributed by atoms with Gasteiger partial charge in [0, 0.05) is 0 Å². The van der Waals surface area contributed by atoms with Gasteiger partial charge in [0.2, 0.25) is 0 Å². The van der Waals surface area contributed by atoms with E-state index >= 15 is 0 Å². The highest BCUT2D eigenvalue weighted by Crippen LogP contribution is 2.18. The molecule has 0 saturated carbocycles.